The second-order valence-electron chi connectivity index (χ2n) is 4.14. The summed E-state index contributed by atoms with van der Waals surface area (Å²) in [6.45, 7) is 0.0332. The zero-order valence-electron chi connectivity index (χ0n) is 11.8. The first kappa shape index (κ1) is 16.6. The Morgan fingerprint density at radius 3 is 2.62 bits per heavy atom. The molecule has 2 amide bonds. The smallest absolute Gasteiger partial charge is 0.265 e. The van der Waals surface area contributed by atoms with E-state index in [1.807, 2.05) is 30.3 Å². The van der Waals surface area contributed by atoms with Gasteiger partial charge in [0, 0.05) is 13.2 Å². The molecule has 0 bridgehead atoms. The number of hydrazine groups is 1. The van der Waals surface area contributed by atoms with Crippen LogP contribution in [-0.4, -0.2) is 43.4 Å². The van der Waals surface area contributed by atoms with Crippen molar-refractivity contribution in [3.05, 3.63) is 42.0 Å². The molecule has 1 aromatic rings. The van der Waals surface area contributed by atoms with Crippen LogP contribution in [0.4, 0.5) is 0 Å². The van der Waals surface area contributed by atoms with Crippen molar-refractivity contribution in [2.24, 2.45) is 0 Å². The van der Waals surface area contributed by atoms with Gasteiger partial charge in [-0.05, 0) is 11.6 Å². The SMILES string of the molecule is COCCC(=O)NN(CC=O)C(=O)C=Cc1ccccc1. The summed E-state index contributed by atoms with van der Waals surface area (Å²) in [6.07, 6.45) is 3.57. The van der Waals surface area contributed by atoms with Crippen molar-refractivity contribution in [1.29, 1.82) is 0 Å². The highest BCUT2D eigenvalue weighted by atomic mass is 16.5. The number of carbonyl (C=O) groups is 3. The fourth-order valence-corrected chi connectivity index (χ4v) is 1.49. The average molecular weight is 290 g/mol. The number of hydrogen-bond acceptors (Lipinski definition) is 4. The van der Waals surface area contributed by atoms with E-state index in [1.165, 1.54) is 13.2 Å². The first-order chi connectivity index (χ1) is 10.2. The average Bonchev–Trinajstić information content (AvgIpc) is 2.51. The van der Waals surface area contributed by atoms with Crippen LogP contribution >= 0.6 is 0 Å². The van der Waals surface area contributed by atoms with Crippen LogP contribution in [0.3, 0.4) is 0 Å². The Bertz CT molecular complexity index is 500. The van der Waals surface area contributed by atoms with E-state index in [1.54, 1.807) is 6.08 Å². The number of ether oxygens (including phenoxy) is 1. The van der Waals surface area contributed by atoms with Gasteiger partial charge in [-0.1, -0.05) is 30.3 Å². The zero-order valence-corrected chi connectivity index (χ0v) is 11.8. The van der Waals surface area contributed by atoms with E-state index in [-0.39, 0.29) is 25.5 Å². The van der Waals surface area contributed by atoms with E-state index in [2.05, 4.69) is 5.43 Å². The van der Waals surface area contributed by atoms with Crippen molar-refractivity contribution in [2.45, 2.75) is 6.42 Å². The molecule has 1 rings (SSSR count). The van der Waals surface area contributed by atoms with E-state index < -0.39 is 5.91 Å². The van der Waals surface area contributed by atoms with E-state index in [0.717, 1.165) is 10.6 Å². The number of benzene rings is 1. The van der Waals surface area contributed by atoms with Gasteiger partial charge >= 0.3 is 0 Å². The van der Waals surface area contributed by atoms with Gasteiger partial charge in [0.15, 0.2) is 0 Å². The van der Waals surface area contributed by atoms with Crippen LogP contribution in [-0.2, 0) is 19.1 Å². The standard InChI is InChI=1S/C15H18N2O4/c1-21-12-9-14(19)16-17(10-11-18)15(20)8-7-13-5-3-2-4-6-13/h2-8,11H,9-10,12H2,1H3,(H,16,19). The van der Waals surface area contributed by atoms with Gasteiger partial charge in [0.05, 0.1) is 19.6 Å². The number of amides is 2. The summed E-state index contributed by atoms with van der Waals surface area (Å²) in [6, 6.07) is 9.24. The van der Waals surface area contributed by atoms with Gasteiger partial charge in [-0.25, -0.2) is 5.01 Å². The molecule has 0 aromatic heterocycles. The Morgan fingerprint density at radius 1 is 1.29 bits per heavy atom. The number of rotatable bonds is 7. The molecule has 1 N–H and O–H groups in total. The topological polar surface area (TPSA) is 75.7 Å². The Kier molecular flexibility index (Phi) is 7.45. The molecule has 0 unspecified atom stereocenters. The Labute approximate surface area is 123 Å². The highest BCUT2D eigenvalue weighted by Crippen LogP contribution is 2.01. The predicted octanol–water partition coefficient (Wildman–Crippen LogP) is 0.795. The van der Waals surface area contributed by atoms with E-state index in [4.69, 9.17) is 4.74 Å². The minimum atomic E-state index is -0.475. The van der Waals surface area contributed by atoms with Gasteiger partial charge in [-0.3, -0.25) is 15.0 Å². The fraction of sp³-hybridized carbons (Fsp3) is 0.267. The van der Waals surface area contributed by atoms with Crippen LogP contribution in [0.2, 0.25) is 0 Å². The maximum absolute atomic E-state index is 12.0. The molecular formula is C15H18N2O4. The Hall–Kier alpha value is -2.47. The summed E-state index contributed by atoms with van der Waals surface area (Å²) >= 11 is 0. The first-order valence-electron chi connectivity index (χ1n) is 6.44. The van der Waals surface area contributed by atoms with Crippen molar-refractivity contribution < 1.29 is 19.1 Å². The van der Waals surface area contributed by atoms with Gasteiger partial charge in [-0.15, -0.1) is 0 Å². The van der Waals surface area contributed by atoms with E-state index in [9.17, 15) is 14.4 Å². The molecule has 0 aliphatic rings. The molecule has 0 atom stereocenters. The molecule has 1 aromatic carbocycles. The summed E-state index contributed by atoms with van der Waals surface area (Å²) in [5.74, 6) is -0.864. The second kappa shape index (κ2) is 9.44. The molecular weight excluding hydrogens is 272 g/mol. The third kappa shape index (κ3) is 6.49. The summed E-state index contributed by atoms with van der Waals surface area (Å²) in [4.78, 5) is 34.1. The number of nitrogens with zero attached hydrogens (tertiary/aromatic N) is 1. The molecule has 0 saturated carbocycles. The van der Waals surface area contributed by atoms with Crippen LogP contribution in [0.15, 0.2) is 36.4 Å². The fourth-order valence-electron chi connectivity index (χ4n) is 1.49. The molecule has 0 fully saturated rings. The molecule has 6 heteroatoms. The predicted molar refractivity (Wildman–Crippen MR) is 77.9 cm³/mol. The van der Waals surface area contributed by atoms with Gasteiger partial charge in [0.25, 0.3) is 5.91 Å². The van der Waals surface area contributed by atoms with Crippen LogP contribution < -0.4 is 5.43 Å². The lowest BCUT2D eigenvalue weighted by Gasteiger charge is -2.19. The van der Waals surface area contributed by atoms with Crippen molar-refractivity contribution in [3.63, 3.8) is 0 Å². The maximum Gasteiger partial charge on any atom is 0.265 e. The van der Waals surface area contributed by atoms with E-state index in [0.29, 0.717) is 6.29 Å². The zero-order chi connectivity index (χ0) is 15.5. The number of methoxy groups -OCH3 is 1. The maximum atomic E-state index is 12.0. The van der Waals surface area contributed by atoms with Crippen molar-refractivity contribution in [1.82, 2.24) is 10.4 Å². The van der Waals surface area contributed by atoms with Crippen LogP contribution in [0, 0.1) is 0 Å². The lowest BCUT2D eigenvalue weighted by Crippen LogP contribution is -2.46. The number of nitrogens with one attached hydrogen (secondary N) is 1. The number of hydrogen-bond donors (Lipinski definition) is 1. The molecule has 6 nitrogen and oxygen atoms in total. The molecule has 0 aliphatic heterocycles. The van der Waals surface area contributed by atoms with E-state index >= 15 is 0 Å². The highest BCUT2D eigenvalue weighted by molar-refractivity contribution is 5.94. The van der Waals surface area contributed by atoms with Gasteiger partial charge in [0.2, 0.25) is 5.91 Å². The summed E-state index contributed by atoms with van der Waals surface area (Å²) in [5, 5.41) is 0.963. The number of aldehydes is 1. The van der Waals surface area contributed by atoms with Crippen LogP contribution in [0.5, 0.6) is 0 Å². The molecule has 0 spiro atoms. The number of carbonyl (C=O) groups excluding carboxylic acids is 3. The third-order valence-electron chi connectivity index (χ3n) is 2.53. The van der Waals surface area contributed by atoms with Crippen molar-refractivity contribution in [2.75, 3.05) is 20.3 Å². The monoisotopic (exact) mass is 290 g/mol. The largest absolute Gasteiger partial charge is 0.384 e. The Morgan fingerprint density at radius 2 is 2.00 bits per heavy atom. The molecule has 21 heavy (non-hydrogen) atoms. The van der Waals surface area contributed by atoms with Crippen molar-refractivity contribution >= 4 is 24.2 Å². The minimum Gasteiger partial charge on any atom is -0.384 e. The first-order valence-corrected chi connectivity index (χ1v) is 6.44. The van der Waals surface area contributed by atoms with Crippen molar-refractivity contribution in [3.8, 4) is 0 Å². The highest BCUT2D eigenvalue weighted by Gasteiger charge is 2.13. The van der Waals surface area contributed by atoms with Crippen LogP contribution in [0.25, 0.3) is 6.08 Å². The minimum absolute atomic E-state index is 0.113. The quantitative estimate of drug-likeness (QED) is 0.458. The Balaban J connectivity index is 2.62. The molecule has 0 aliphatic carbocycles. The lowest BCUT2D eigenvalue weighted by molar-refractivity contribution is -0.139. The van der Waals surface area contributed by atoms with Crippen LogP contribution in [0.1, 0.15) is 12.0 Å². The van der Waals surface area contributed by atoms with Gasteiger partial charge in [0.1, 0.15) is 6.29 Å². The molecule has 0 radical (unpaired) electrons. The van der Waals surface area contributed by atoms with Gasteiger partial charge in [-0.2, -0.15) is 0 Å². The second-order valence-corrected chi connectivity index (χ2v) is 4.14. The third-order valence-corrected chi connectivity index (χ3v) is 2.53. The molecule has 0 heterocycles. The summed E-state index contributed by atoms with van der Waals surface area (Å²) in [5.41, 5.74) is 3.22. The molecule has 0 saturated heterocycles. The van der Waals surface area contributed by atoms with Gasteiger partial charge < -0.3 is 9.53 Å². The summed E-state index contributed by atoms with van der Waals surface area (Å²) < 4.78 is 4.77. The summed E-state index contributed by atoms with van der Waals surface area (Å²) in [7, 11) is 1.48. The lowest BCUT2D eigenvalue weighted by atomic mass is 10.2. The molecule has 112 valence electrons. The normalized spacial score (nSPS) is 10.3.